The predicted octanol–water partition coefficient (Wildman–Crippen LogP) is -0.638. The number of nitrogens with one attached hydrogen (secondary N) is 2. The highest BCUT2D eigenvalue weighted by Crippen LogP contribution is 2.28. The van der Waals surface area contributed by atoms with Crippen molar-refractivity contribution in [1.82, 2.24) is 15.5 Å². The second kappa shape index (κ2) is 6.41. The number of nitrogens with zero attached hydrogens (tertiary/aromatic N) is 1. The molecular formula is C13H25N3O3S. The third-order valence-corrected chi connectivity index (χ3v) is 6.15. The summed E-state index contributed by atoms with van der Waals surface area (Å²) in [5.41, 5.74) is 0. The molecular weight excluding hydrogens is 278 g/mol. The monoisotopic (exact) mass is 303 g/mol. The van der Waals surface area contributed by atoms with Gasteiger partial charge in [-0.15, -0.1) is 0 Å². The van der Waals surface area contributed by atoms with Gasteiger partial charge in [0.25, 0.3) is 0 Å². The van der Waals surface area contributed by atoms with E-state index in [4.69, 9.17) is 0 Å². The zero-order valence-corrected chi connectivity index (χ0v) is 13.1. The second-order valence-electron chi connectivity index (χ2n) is 5.84. The van der Waals surface area contributed by atoms with Gasteiger partial charge in [0.2, 0.25) is 5.91 Å². The highest BCUT2D eigenvalue weighted by molar-refractivity contribution is 7.91. The minimum Gasteiger partial charge on any atom is -0.358 e. The number of rotatable bonds is 3. The lowest BCUT2D eigenvalue weighted by molar-refractivity contribution is -0.128. The predicted molar refractivity (Wildman–Crippen MR) is 78.3 cm³/mol. The molecule has 1 heterocycles. The van der Waals surface area contributed by atoms with Gasteiger partial charge in [0, 0.05) is 39.0 Å². The molecule has 116 valence electrons. The Bertz CT molecular complexity index is 452. The van der Waals surface area contributed by atoms with Gasteiger partial charge < -0.3 is 10.6 Å². The van der Waals surface area contributed by atoms with E-state index in [2.05, 4.69) is 15.5 Å². The van der Waals surface area contributed by atoms with E-state index in [0.29, 0.717) is 13.0 Å². The zero-order valence-electron chi connectivity index (χ0n) is 12.3. The van der Waals surface area contributed by atoms with E-state index in [-0.39, 0.29) is 23.2 Å². The molecule has 1 aliphatic heterocycles. The van der Waals surface area contributed by atoms with E-state index in [1.165, 1.54) is 6.26 Å². The quantitative estimate of drug-likeness (QED) is 0.725. The molecule has 1 saturated carbocycles. The Balaban J connectivity index is 2.09. The molecule has 0 aromatic heterocycles. The van der Waals surface area contributed by atoms with Gasteiger partial charge in [-0.25, -0.2) is 8.42 Å². The molecule has 2 fully saturated rings. The average Bonchev–Trinajstić information content (AvgIpc) is 2.45. The van der Waals surface area contributed by atoms with Crippen molar-refractivity contribution >= 4 is 15.7 Å². The van der Waals surface area contributed by atoms with Crippen molar-refractivity contribution in [1.29, 1.82) is 0 Å². The number of amides is 1. The molecule has 1 aliphatic carbocycles. The normalized spacial score (nSPS) is 32.8. The molecule has 0 radical (unpaired) electrons. The van der Waals surface area contributed by atoms with Crippen LogP contribution >= 0.6 is 0 Å². The highest BCUT2D eigenvalue weighted by Gasteiger charge is 2.37. The van der Waals surface area contributed by atoms with Gasteiger partial charge in [-0.2, -0.15) is 0 Å². The maximum atomic E-state index is 12.0. The summed E-state index contributed by atoms with van der Waals surface area (Å²) in [6.07, 6.45) is 4.65. The molecule has 20 heavy (non-hydrogen) atoms. The SMILES string of the molecule is CNC(=O)C1CNCCN1C1CCCC(S(C)(=O)=O)C1. The van der Waals surface area contributed by atoms with Crippen molar-refractivity contribution in [3.8, 4) is 0 Å². The summed E-state index contributed by atoms with van der Waals surface area (Å²) >= 11 is 0. The summed E-state index contributed by atoms with van der Waals surface area (Å²) in [7, 11) is -1.34. The third kappa shape index (κ3) is 3.51. The van der Waals surface area contributed by atoms with Crippen LogP contribution in [0.4, 0.5) is 0 Å². The molecule has 1 saturated heterocycles. The minimum atomic E-state index is -2.98. The van der Waals surface area contributed by atoms with Gasteiger partial charge in [0.05, 0.1) is 5.25 Å². The fourth-order valence-electron chi connectivity index (χ4n) is 3.38. The summed E-state index contributed by atoms with van der Waals surface area (Å²) in [6.45, 7) is 2.30. The average molecular weight is 303 g/mol. The smallest absolute Gasteiger partial charge is 0.238 e. The molecule has 7 heteroatoms. The van der Waals surface area contributed by atoms with Gasteiger partial charge >= 0.3 is 0 Å². The first-order valence-electron chi connectivity index (χ1n) is 7.30. The molecule has 1 amide bonds. The Morgan fingerprint density at radius 3 is 2.75 bits per heavy atom. The maximum absolute atomic E-state index is 12.0. The van der Waals surface area contributed by atoms with E-state index in [1.807, 2.05) is 0 Å². The number of carbonyl (C=O) groups is 1. The molecule has 0 bridgehead atoms. The van der Waals surface area contributed by atoms with Gasteiger partial charge in [-0.05, 0) is 19.3 Å². The Morgan fingerprint density at radius 1 is 1.35 bits per heavy atom. The fourth-order valence-corrected chi connectivity index (χ4v) is 4.54. The van der Waals surface area contributed by atoms with Crippen molar-refractivity contribution in [3.05, 3.63) is 0 Å². The summed E-state index contributed by atoms with van der Waals surface area (Å²) < 4.78 is 23.6. The van der Waals surface area contributed by atoms with E-state index in [1.54, 1.807) is 7.05 Å². The van der Waals surface area contributed by atoms with Gasteiger partial charge in [-0.3, -0.25) is 9.69 Å². The van der Waals surface area contributed by atoms with Crippen LogP contribution in [0.25, 0.3) is 0 Å². The fraction of sp³-hybridized carbons (Fsp3) is 0.923. The Hall–Kier alpha value is -0.660. The number of piperazine rings is 1. The molecule has 2 rings (SSSR count). The van der Waals surface area contributed by atoms with E-state index >= 15 is 0 Å². The van der Waals surface area contributed by atoms with E-state index in [9.17, 15) is 13.2 Å². The lowest BCUT2D eigenvalue weighted by atomic mass is 9.92. The van der Waals surface area contributed by atoms with Crippen LogP contribution in [0.1, 0.15) is 25.7 Å². The summed E-state index contributed by atoms with van der Waals surface area (Å²) in [4.78, 5) is 14.2. The molecule has 3 atom stereocenters. The van der Waals surface area contributed by atoms with Crippen LogP contribution in [-0.2, 0) is 14.6 Å². The molecule has 0 aromatic carbocycles. The number of hydrogen-bond acceptors (Lipinski definition) is 5. The van der Waals surface area contributed by atoms with Gasteiger partial charge in [0.1, 0.15) is 15.9 Å². The minimum absolute atomic E-state index is 0.0127. The second-order valence-corrected chi connectivity index (χ2v) is 8.17. The van der Waals surface area contributed by atoms with Crippen molar-refractivity contribution in [2.24, 2.45) is 0 Å². The summed E-state index contributed by atoms with van der Waals surface area (Å²) in [5, 5.41) is 5.70. The molecule has 6 nitrogen and oxygen atoms in total. The van der Waals surface area contributed by atoms with Crippen LogP contribution in [0, 0.1) is 0 Å². The van der Waals surface area contributed by atoms with Crippen LogP contribution in [0.3, 0.4) is 0 Å². The first-order valence-corrected chi connectivity index (χ1v) is 9.26. The Kier molecular flexibility index (Phi) is 5.04. The van der Waals surface area contributed by atoms with Crippen LogP contribution in [0.2, 0.25) is 0 Å². The van der Waals surface area contributed by atoms with Crippen LogP contribution < -0.4 is 10.6 Å². The van der Waals surface area contributed by atoms with Crippen LogP contribution in [-0.4, -0.2) is 69.5 Å². The van der Waals surface area contributed by atoms with Crippen LogP contribution in [0.5, 0.6) is 0 Å². The zero-order chi connectivity index (χ0) is 14.8. The molecule has 2 aliphatic rings. The lowest BCUT2D eigenvalue weighted by Gasteiger charge is -2.43. The largest absolute Gasteiger partial charge is 0.358 e. The van der Waals surface area contributed by atoms with Crippen molar-refractivity contribution in [2.45, 2.75) is 43.0 Å². The molecule has 2 N–H and O–H groups in total. The van der Waals surface area contributed by atoms with Crippen LogP contribution in [0.15, 0.2) is 0 Å². The van der Waals surface area contributed by atoms with Gasteiger partial charge in [0.15, 0.2) is 0 Å². The molecule has 3 unspecified atom stereocenters. The molecule has 0 spiro atoms. The standard InChI is InChI=1S/C13H25N3O3S/c1-14-13(17)12-9-15-6-7-16(12)10-4-3-5-11(8-10)20(2,18)19/h10-12,15H,3-9H2,1-2H3,(H,14,17). The number of hydrogen-bond donors (Lipinski definition) is 2. The number of likely N-dealkylation sites (N-methyl/N-ethyl adjacent to an activating group) is 1. The first kappa shape index (κ1) is 15.7. The Labute approximate surface area is 121 Å². The Morgan fingerprint density at radius 2 is 2.10 bits per heavy atom. The molecule has 0 aromatic rings. The van der Waals surface area contributed by atoms with Crippen molar-refractivity contribution < 1.29 is 13.2 Å². The van der Waals surface area contributed by atoms with E-state index < -0.39 is 9.84 Å². The number of sulfone groups is 1. The van der Waals surface area contributed by atoms with E-state index in [0.717, 1.165) is 32.4 Å². The van der Waals surface area contributed by atoms with Crippen molar-refractivity contribution in [2.75, 3.05) is 32.9 Å². The highest BCUT2D eigenvalue weighted by atomic mass is 32.2. The van der Waals surface area contributed by atoms with Gasteiger partial charge in [-0.1, -0.05) is 6.42 Å². The lowest BCUT2D eigenvalue weighted by Crippen LogP contribution is -2.61. The first-order chi connectivity index (χ1) is 9.43. The number of carbonyl (C=O) groups excluding carboxylic acids is 1. The maximum Gasteiger partial charge on any atom is 0.238 e. The summed E-state index contributed by atoms with van der Waals surface area (Å²) in [5.74, 6) is 0.0127. The summed E-state index contributed by atoms with van der Waals surface area (Å²) in [6, 6.07) is 0.0185. The van der Waals surface area contributed by atoms with Crippen molar-refractivity contribution in [3.63, 3.8) is 0 Å². The topological polar surface area (TPSA) is 78.5 Å². The third-order valence-electron chi connectivity index (χ3n) is 4.51.